The second-order valence-corrected chi connectivity index (χ2v) is 5.56. The first-order valence-corrected chi connectivity index (χ1v) is 7.80. The van der Waals surface area contributed by atoms with E-state index in [1.165, 1.54) is 6.92 Å². The molecule has 0 spiro atoms. The summed E-state index contributed by atoms with van der Waals surface area (Å²) in [5.74, 6) is -0.762. The monoisotopic (exact) mass is 343 g/mol. The van der Waals surface area contributed by atoms with Gasteiger partial charge >= 0.3 is 12.0 Å². The summed E-state index contributed by atoms with van der Waals surface area (Å²) in [6.07, 6.45) is -1.10. The Balaban J connectivity index is 1.72. The van der Waals surface area contributed by atoms with Crippen molar-refractivity contribution in [3.63, 3.8) is 0 Å². The molecule has 0 unspecified atom stereocenters. The highest BCUT2D eigenvalue weighted by molar-refractivity contribution is 5.99. The van der Waals surface area contributed by atoms with Gasteiger partial charge in [-0.2, -0.15) is 0 Å². The number of benzene rings is 1. The second-order valence-electron chi connectivity index (χ2n) is 5.56. The number of imide groups is 1. The van der Waals surface area contributed by atoms with E-state index in [2.05, 4.69) is 10.3 Å². The van der Waals surface area contributed by atoms with Crippen molar-refractivity contribution in [2.75, 3.05) is 13.1 Å². The van der Waals surface area contributed by atoms with Crippen LogP contribution < -0.4 is 5.32 Å². The van der Waals surface area contributed by atoms with Crippen LogP contribution in [0.25, 0.3) is 11.5 Å². The highest BCUT2D eigenvalue weighted by atomic mass is 16.5. The van der Waals surface area contributed by atoms with E-state index >= 15 is 0 Å². The van der Waals surface area contributed by atoms with E-state index in [9.17, 15) is 14.4 Å². The number of carbonyl (C=O) groups is 3. The molecule has 8 nitrogen and oxygen atoms in total. The first-order chi connectivity index (χ1) is 12.0. The number of ether oxygens (including phenoxy) is 1. The summed E-state index contributed by atoms with van der Waals surface area (Å²) in [5.41, 5.74) is 0.729. The van der Waals surface area contributed by atoms with Crippen LogP contribution in [0, 0.1) is 6.92 Å². The largest absolute Gasteiger partial charge is 0.448 e. The SMILES string of the molecule is Cc1oc(-c2ccccc2)nc1C(=O)O[C@@H](C)C(=O)N1CCNC1=O. The molecule has 1 fully saturated rings. The minimum atomic E-state index is -1.10. The third-order valence-corrected chi connectivity index (χ3v) is 3.77. The molecule has 1 aliphatic rings. The molecule has 1 aromatic heterocycles. The van der Waals surface area contributed by atoms with Gasteiger partial charge in [-0.25, -0.2) is 14.6 Å². The number of aromatic nitrogens is 1. The maximum absolute atomic E-state index is 12.3. The van der Waals surface area contributed by atoms with Crippen molar-refractivity contribution in [1.82, 2.24) is 15.2 Å². The van der Waals surface area contributed by atoms with Gasteiger partial charge in [0.15, 0.2) is 11.8 Å². The van der Waals surface area contributed by atoms with E-state index < -0.39 is 24.0 Å². The summed E-state index contributed by atoms with van der Waals surface area (Å²) in [4.78, 5) is 41.2. The van der Waals surface area contributed by atoms with Crippen LogP contribution in [0.1, 0.15) is 23.2 Å². The molecule has 2 heterocycles. The number of hydrogen-bond acceptors (Lipinski definition) is 6. The molecular formula is C17H17N3O5. The maximum atomic E-state index is 12.3. The predicted octanol–water partition coefficient (Wildman–Crippen LogP) is 1.75. The van der Waals surface area contributed by atoms with Gasteiger partial charge in [0.2, 0.25) is 5.89 Å². The van der Waals surface area contributed by atoms with Gasteiger partial charge in [-0.3, -0.25) is 9.69 Å². The van der Waals surface area contributed by atoms with Crippen LogP contribution >= 0.6 is 0 Å². The molecule has 25 heavy (non-hydrogen) atoms. The average Bonchev–Trinajstić information content (AvgIpc) is 3.20. The summed E-state index contributed by atoms with van der Waals surface area (Å²) in [6, 6.07) is 8.63. The van der Waals surface area contributed by atoms with Crippen molar-refractivity contribution in [3.05, 3.63) is 41.8 Å². The summed E-state index contributed by atoms with van der Waals surface area (Å²) in [5, 5.41) is 2.52. The molecule has 8 heteroatoms. The van der Waals surface area contributed by atoms with E-state index in [1.54, 1.807) is 19.1 Å². The Kier molecular flexibility index (Phi) is 4.51. The standard InChI is InChI=1S/C17H17N3O5/c1-10-13(19-14(24-10)12-6-4-3-5-7-12)16(22)25-11(2)15(21)20-9-8-18-17(20)23/h3-7,11H,8-9H2,1-2H3,(H,18,23)/t11-/m0/s1. The van der Waals surface area contributed by atoms with Gasteiger partial charge in [0.05, 0.1) is 0 Å². The van der Waals surface area contributed by atoms with Crippen LogP contribution in [0.4, 0.5) is 4.79 Å². The smallest absolute Gasteiger partial charge is 0.361 e. The molecule has 0 saturated carbocycles. The third-order valence-electron chi connectivity index (χ3n) is 3.77. The molecule has 130 valence electrons. The lowest BCUT2D eigenvalue weighted by Crippen LogP contribution is -2.41. The van der Waals surface area contributed by atoms with E-state index in [-0.39, 0.29) is 12.2 Å². The first-order valence-electron chi connectivity index (χ1n) is 7.80. The Morgan fingerprint density at radius 2 is 2.04 bits per heavy atom. The van der Waals surface area contributed by atoms with Crippen LogP contribution in [0.5, 0.6) is 0 Å². The predicted molar refractivity (Wildman–Crippen MR) is 86.7 cm³/mol. The summed E-state index contributed by atoms with van der Waals surface area (Å²) >= 11 is 0. The summed E-state index contributed by atoms with van der Waals surface area (Å²) in [6.45, 7) is 3.64. The normalized spacial score (nSPS) is 15.0. The Hall–Kier alpha value is -3.16. The van der Waals surface area contributed by atoms with Gasteiger partial charge in [0, 0.05) is 18.7 Å². The fourth-order valence-corrected chi connectivity index (χ4v) is 2.46. The van der Waals surface area contributed by atoms with Gasteiger partial charge in [-0.1, -0.05) is 18.2 Å². The van der Waals surface area contributed by atoms with E-state index in [4.69, 9.17) is 9.15 Å². The number of aryl methyl sites for hydroxylation is 1. The van der Waals surface area contributed by atoms with Crippen molar-refractivity contribution in [3.8, 4) is 11.5 Å². The first kappa shape index (κ1) is 16.7. The number of esters is 1. The van der Waals surface area contributed by atoms with E-state index in [1.807, 2.05) is 18.2 Å². The number of nitrogens with zero attached hydrogens (tertiary/aromatic N) is 2. The van der Waals surface area contributed by atoms with Crippen molar-refractivity contribution >= 4 is 17.9 Å². The zero-order chi connectivity index (χ0) is 18.0. The van der Waals surface area contributed by atoms with Crippen LogP contribution in [0.3, 0.4) is 0 Å². The Morgan fingerprint density at radius 3 is 2.68 bits per heavy atom. The van der Waals surface area contributed by atoms with Crippen LogP contribution in [-0.2, 0) is 9.53 Å². The van der Waals surface area contributed by atoms with Gasteiger partial charge in [0.1, 0.15) is 5.76 Å². The molecule has 1 aromatic carbocycles. The summed E-state index contributed by atoms with van der Waals surface area (Å²) in [7, 11) is 0. The quantitative estimate of drug-likeness (QED) is 0.849. The Bertz CT molecular complexity index is 815. The van der Waals surface area contributed by atoms with Crippen LogP contribution in [0.15, 0.2) is 34.7 Å². The lowest BCUT2D eigenvalue weighted by molar-refractivity contribution is -0.136. The highest BCUT2D eigenvalue weighted by Gasteiger charge is 2.32. The molecule has 0 aliphatic carbocycles. The molecule has 1 atom stereocenters. The molecule has 2 aromatic rings. The van der Waals surface area contributed by atoms with Crippen molar-refractivity contribution < 1.29 is 23.5 Å². The fourth-order valence-electron chi connectivity index (χ4n) is 2.46. The van der Waals surface area contributed by atoms with Crippen molar-refractivity contribution in [2.24, 2.45) is 0 Å². The number of urea groups is 1. The second kappa shape index (κ2) is 6.76. The van der Waals surface area contributed by atoms with Gasteiger partial charge in [-0.15, -0.1) is 0 Å². The maximum Gasteiger partial charge on any atom is 0.361 e. The lowest BCUT2D eigenvalue weighted by atomic mass is 10.2. The molecular weight excluding hydrogens is 326 g/mol. The number of hydrogen-bond donors (Lipinski definition) is 1. The average molecular weight is 343 g/mol. The number of amides is 3. The number of oxazole rings is 1. The number of nitrogens with one attached hydrogen (secondary N) is 1. The Morgan fingerprint density at radius 1 is 1.32 bits per heavy atom. The molecule has 1 saturated heterocycles. The van der Waals surface area contributed by atoms with E-state index in [0.717, 1.165) is 10.5 Å². The molecule has 0 bridgehead atoms. The van der Waals surface area contributed by atoms with Gasteiger partial charge in [0.25, 0.3) is 5.91 Å². The topological polar surface area (TPSA) is 102 Å². The third kappa shape index (κ3) is 3.37. The molecule has 3 amide bonds. The fraction of sp³-hybridized carbons (Fsp3) is 0.294. The van der Waals surface area contributed by atoms with Gasteiger partial charge in [-0.05, 0) is 26.0 Å². The van der Waals surface area contributed by atoms with Crippen LogP contribution in [-0.4, -0.2) is 47.0 Å². The molecule has 3 rings (SSSR count). The highest BCUT2D eigenvalue weighted by Crippen LogP contribution is 2.22. The van der Waals surface area contributed by atoms with Crippen molar-refractivity contribution in [2.45, 2.75) is 20.0 Å². The molecule has 1 N–H and O–H groups in total. The zero-order valence-corrected chi connectivity index (χ0v) is 13.8. The van der Waals surface area contributed by atoms with Gasteiger partial charge < -0.3 is 14.5 Å². The molecule has 0 radical (unpaired) electrons. The zero-order valence-electron chi connectivity index (χ0n) is 13.8. The lowest BCUT2D eigenvalue weighted by Gasteiger charge is -2.17. The minimum absolute atomic E-state index is 0.00405. The molecule has 1 aliphatic heterocycles. The minimum Gasteiger partial charge on any atom is -0.448 e. The summed E-state index contributed by atoms with van der Waals surface area (Å²) < 4.78 is 10.7. The number of rotatable bonds is 4. The van der Waals surface area contributed by atoms with Crippen molar-refractivity contribution in [1.29, 1.82) is 0 Å². The van der Waals surface area contributed by atoms with Crippen LogP contribution in [0.2, 0.25) is 0 Å². The Labute approximate surface area is 143 Å². The number of carbonyl (C=O) groups excluding carboxylic acids is 3. The van der Waals surface area contributed by atoms with E-state index in [0.29, 0.717) is 18.2 Å².